The predicted molar refractivity (Wildman–Crippen MR) is 94.6 cm³/mol. The molecule has 4 rings (SSSR count). The van der Waals surface area contributed by atoms with Crippen LogP contribution in [0.25, 0.3) is 0 Å². The van der Waals surface area contributed by atoms with Gasteiger partial charge in [-0.25, -0.2) is 0 Å². The summed E-state index contributed by atoms with van der Waals surface area (Å²) in [5, 5.41) is 0. The van der Waals surface area contributed by atoms with E-state index in [9.17, 15) is 4.79 Å². The minimum atomic E-state index is -0.00818. The van der Waals surface area contributed by atoms with Gasteiger partial charge in [-0.1, -0.05) is 60.7 Å². The number of hydrogen-bond donors (Lipinski definition) is 0. The van der Waals surface area contributed by atoms with Crippen LogP contribution in [0.15, 0.2) is 79.0 Å². The first kappa shape index (κ1) is 14.8. The molecule has 0 radical (unpaired) electrons. The highest BCUT2D eigenvalue weighted by Gasteiger charge is 2.31. The second kappa shape index (κ2) is 6.36. The van der Waals surface area contributed by atoms with Crippen LogP contribution in [0.4, 0.5) is 0 Å². The fourth-order valence-corrected chi connectivity index (χ4v) is 3.51. The van der Waals surface area contributed by atoms with Gasteiger partial charge in [0.25, 0.3) is 0 Å². The molecule has 1 aromatic heterocycles. The number of hydrogen-bond acceptors (Lipinski definition) is 1. The molecule has 3 nitrogen and oxygen atoms in total. The Kier molecular flexibility index (Phi) is 3.91. The standard InChI is InChI=1S/C21H20N2O/c24-20(16-17-8-3-1-4-9-17)23-15-14-22-13-7-12-19(22)21(23)18-10-5-2-6-11-18/h1-13,21H,14-16H2. The summed E-state index contributed by atoms with van der Waals surface area (Å²) in [7, 11) is 0. The number of benzene rings is 2. The molecule has 0 saturated carbocycles. The van der Waals surface area contributed by atoms with Gasteiger partial charge in [0.1, 0.15) is 0 Å². The van der Waals surface area contributed by atoms with Gasteiger partial charge in [-0.05, 0) is 23.3 Å². The van der Waals surface area contributed by atoms with Crippen molar-refractivity contribution >= 4 is 5.91 Å². The van der Waals surface area contributed by atoms with Gasteiger partial charge in [-0.2, -0.15) is 0 Å². The molecule has 0 spiro atoms. The van der Waals surface area contributed by atoms with Crippen molar-refractivity contribution in [1.82, 2.24) is 9.47 Å². The molecule has 2 heterocycles. The molecule has 0 saturated heterocycles. The first-order valence-electron chi connectivity index (χ1n) is 8.36. The number of carbonyl (C=O) groups excluding carboxylic acids is 1. The van der Waals surface area contributed by atoms with Gasteiger partial charge in [0.05, 0.1) is 12.5 Å². The van der Waals surface area contributed by atoms with Crippen LogP contribution in [-0.2, 0) is 17.8 Å². The highest BCUT2D eigenvalue weighted by atomic mass is 16.2. The molecule has 3 heteroatoms. The summed E-state index contributed by atoms with van der Waals surface area (Å²) in [5.41, 5.74) is 3.42. The topological polar surface area (TPSA) is 25.2 Å². The number of amides is 1. The first-order chi connectivity index (χ1) is 11.8. The van der Waals surface area contributed by atoms with Crippen LogP contribution in [0.1, 0.15) is 22.9 Å². The van der Waals surface area contributed by atoms with E-state index in [2.05, 4.69) is 35.0 Å². The van der Waals surface area contributed by atoms with Gasteiger partial charge < -0.3 is 9.47 Å². The molecule has 2 aromatic carbocycles. The second-order valence-corrected chi connectivity index (χ2v) is 6.19. The minimum Gasteiger partial charge on any atom is -0.348 e. The molecule has 3 aromatic rings. The average Bonchev–Trinajstić information content (AvgIpc) is 3.11. The van der Waals surface area contributed by atoms with Crippen LogP contribution in [0.2, 0.25) is 0 Å². The molecule has 1 aliphatic rings. The first-order valence-corrected chi connectivity index (χ1v) is 8.36. The Morgan fingerprint density at radius 3 is 2.33 bits per heavy atom. The van der Waals surface area contributed by atoms with Crippen LogP contribution >= 0.6 is 0 Å². The Bertz CT molecular complexity index is 823. The summed E-state index contributed by atoms with van der Waals surface area (Å²) in [6.45, 7) is 1.60. The lowest BCUT2D eigenvalue weighted by molar-refractivity contribution is -0.133. The van der Waals surface area contributed by atoms with Crippen molar-refractivity contribution in [1.29, 1.82) is 0 Å². The van der Waals surface area contributed by atoms with Crippen molar-refractivity contribution in [2.45, 2.75) is 19.0 Å². The summed E-state index contributed by atoms with van der Waals surface area (Å²) in [4.78, 5) is 15.0. The van der Waals surface area contributed by atoms with E-state index < -0.39 is 0 Å². The van der Waals surface area contributed by atoms with E-state index in [0.717, 1.165) is 18.7 Å². The molecule has 0 fully saturated rings. The van der Waals surface area contributed by atoms with Crippen molar-refractivity contribution in [2.24, 2.45) is 0 Å². The van der Waals surface area contributed by atoms with E-state index in [1.165, 1.54) is 11.3 Å². The Hall–Kier alpha value is -2.81. The fourth-order valence-electron chi connectivity index (χ4n) is 3.51. The maximum atomic E-state index is 13.0. The van der Waals surface area contributed by atoms with Gasteiger partial charge in [-0.15, -0.1) is 0 Å². The Labute approximate surface area is 142 Å². The summed E-state index contributed by atoms with van der Waals surface area (Å²) < 4.78 is 2.25. The van der Waals surface area contributed by atoms with E-state index in [-0.39, 0.29) is 11.9 Å². The molecule has 1 aliphatic heterocycles. The van der Waals surface area contributed by atoms with Crippen LogP contribution < -0.4 is 0 Å². The van der Waals surface area contributed by atoms with Crippen LogP contribution in [0.5, 0.6) is 0 Å². The summed E-state index contributed by atoms with van der Waals surface area (Å²) >= 11 is 0. The quantitative estimate of drug-likeness (QED) is 0.724. The van der Waals surface area contributed by atoms with Crippen molar-refractivity contribution in [3.05, 3.63) is 95.8 Å². The zero-order chi connectivity index (χ0) is 16.4. The zero-order valence-corrected chi connectivity index (χ0v) is 13.5. The molecule has 24 heavy (non-hydrogen) atoms. The van der Waals surface area contributed by atoms with Crippen molar-refractivity contribution in [3.8, 4) is 0 Å². The highest BCUT2D eigenvalue weighted by Crippen LogP contribution is 2.32. The number of carbonyl (C=O) groups is 1. The van der Waals surface area contributed by atoms with Gasteiger partial charge in [-0.3, -0.25) is 4.79 Å². The SMILES string of the molecule is O=C(Cc1ccccc1)N1CCn2cccc2C1c1ccccc1. The predicted octanol–water partition coefficient (Wildman–Crippen LogP) is 3.66. The lowest BCUT2D eigenvalue weighted by Crippen LogP contribution is -2.43. The van der Waals surface area contributed by atoms with Crippen molar-refractivity contribution in [2.75, 3.05) is 6.54 Å². The summed E-state index contributed by atoms with van der Waals surface area (Å²) in [6.07, 6.45) is 2.55. The molecule has 1 amide bonds. The molecular formula is C21H20N2O. The zero-order valence-electron chi connectivity index (χ0n) is 13.5. The number of fused-ring (bicyclic) bond motifs is 1. The maximum absolute atomic E-state index is 13.0. The van der Waals surface area contributed by atoms with Gasteiger partial charge in [0.15, 0.2) is 0 Å². The largest absolute Gasteiger partial charge is 0.348 e. The van der Waals surface area contributed by atoms with E-state index in [0.29, 0.717) is 6.42 Å². The Morgan fingerprint density at radius 2 is 1.58 bits per heavy atom. The van der Waals surface area contributed by atoms with Crippen LogP contribution in [0.3, 0.4) is 0 Å². The maximum Gasteiger partial charge on any atom is 0.227 e. The summed E-state index contributed by atoms with van der Waals surface area (Å²) in [5.74, 6) is 0.183. The van der Waals surface area contributed by atoms with E-state index in [1.807, 2.05) is 53.4 Å². The van der Waals surface area contributed by atoms with E-state index in [1.54, 1.807) is 0 Å². The third-order valence-corrected chi connectivity index (χ3v) is 4.67. The molecule has 0 bridgehead atoms. The summed E-state index contributed by atoms with van der Waals surface area (Å²) in [6, 6.07) is 24.5. The molecule has 0 aliphatic carbocycles. The minimum absolute atomic E-state index is 0.00818. The molecule has 1 unspecified atom stereocenters. The Morgan fingerprint density at radius 1 is 0.875 bits per heavy atom. The molecule has 0 N–H and O–H groups in total. The smallest absolute Gasteiger partial charge is 0.227 e. The third-order valence-electron chi connectivity index (χ3n) is 4.67. The Balaban J connectivity index is 1.67. The van der Waals surface area contributed by atoms with Gasteiger partial charge in [0, 0.05) is 25.0 Å². The van der Waals surface area contributed by atoms with Crippen LogP contribution in [-0.4, -0.2) is 21.9 Å². The van der Waals surface area contributed by atoms with E-state index >= 15 is 0 Å². The normalized spacial score (nSPS) is 16.7. The fraction of sp³-hybridized carbons (Fsp3) is 0.190. The average molecular weight is 316 g/mol. The third kappa shape index (κ3) is 2.73. The van der Waals surface area contributed by atoms with Crippen LogP contribution in [0, 0.1) is 0 Å². The van der Waals surface area contributed by atoms with Crippen molar-refractivity contribution in [3.63, 3.8) is 0 Å². The molecule has 1 atom stereocenters. The second-order valence-electron chi connectivity index (χ2n) is 6.19. The van der Waals surface area contributed by atoms with Gasteiger partial charge in [0.2, 0.25) is 5.91 Å². The number of nitrogens with zero attached hydrogens (tertiary/aromatic N) is 2. The lowest BCUT2D eigenvalue weighted by atomic mass is 9.99. The molecule has 120 valence electrons. The lowest BCUT2D eigenvalue weighted by Gasteiger charge is -2.37. The highest BCUT2D eigenvalue weighted by molar-refractivity contribution is 5.80. The monoisotopic (exact) mass is 316 g/mol. The number of rotatable bonds is 3. The number of aromatic nitrogens is 1. The van der Waals surface area contributed by atoms with Gasteiger partial charge >= 0.3 is 0 Å². The molecular weight excluding hydrogens is 296 g/mol. The van der Waals surface area contributed by atoms with E-state index in [4.69, 9.17) is 0 Å². The van der Waals surface area contributed by atoms with Crippen molar-refractivity contribution < 1.29 is 4.79 Å².